The van der Waals surface area contributed by atoms with Crippen LogP contribution in [0.4, 0.5) is 28.4 Å². The standard InChI is InChI=1S/C54H61N5O9S2/c1-54(2,70(6)69)34-57(15-16-65-19-20-66-18-17-62-3)39-22-35(32-67-50-28-44-42(26-48(50)63-4)52(60)58-40(30-55-44)24-37-11-7-9-13-46(37)58)21-36(23-39)33-68-51-29-45-43(27-49(51)64-5)53(61)59-41(31-56-45)25-38-12-8-10-14-47(38)59/h7-14,21-23,26-30,40-41,56H,15-20,24-25,31-34H2,1-6H3/t40-,41+,70?/m1/s1. The highest BCUT2D eigenvalue weighted by Gasteiger charge is 2.39. The van der Waals surface area contributed by atoms with Crippen molar-refractivity contribution in [2.75, 3.05) is 100 Å². The van der Waals surface area contributed by atoms with Crippen molar-refractivity contribution in [3.8, 4) is 23.0 Å². The molecule has 1 unspecified atom stereocenters. The molecule has 4 aliphatic rings. The monoisotopic (exact) mass is 987 g/mol. The maximum absolute atomic E-state index is 14.2. The first-order valence-electron chi connectivity index (χ1n) is 23.6. The van der Waals surface area contributed by atoms with E-state index in [1.54, 1.807) is 39.5 Å². The van der Waals surface area contributed by atoms with Crippen LogP contribution in [-0.2, 0) is 60.9 Å². The summed E-state index contributed by atoms with van der Waals surface area (Å²) >= 11 is 5.89. The Morgan fingerprint density at radius 1 is 0.729 bits per heavy atom. The summed E-state index contributed by atoms with van der Waals surface area (Å²) < 4.78 is 41.6. The van der Waals surface area contributed by atoms with Gasteiger partial charge in [-0.05, 0) is 91.2 Å². The molecule has 0 aromatic heterocycles. The van der Waals surface area contributed by atoms with Gasteiger partial charge < -0.3 is 48.3 Å². The topological polar surface area (TPSA) is 133 Å². The van der Waals surface area contributed by atoms with Crippen molar-refractivity contribution in [1.29, 1.82) is 0 Å². The normalized spacial score (nSPS) is 17.0. The van der Waals surface area contributed by atoms with Gasteiger partial charge in [0.05, 0.1) is 81.8 Å². The van der Waals surface area contributed by atoms with Crippen LogP contribution < -0.4 is 39.0 Å². The number of fused-ring (bicyclic) bond motifs is 8. The SMILES string of the molecule is COCCOCCOCCN(CC(C)(C)S(C)=S)c1cc(COc2cc3c(cc2OC)C(=O)N2c4ccccc4C[C@@H]2C=N3)cc(COc2cc3c(cc2OC)C(=O)N2c4ccccc4C[C@H]2CN3)c1. The first kappa shape index (κ1) is 49.0. The quantitative estimate of drug-likeness (QED) is 0.0713. The lowest BCUT2D eigenvalue weighted by atomic mass is 10.1. The minimum absolute atomic E-state index is 0.00958. The molecule has 4 heterocycles. The second-order valence-corrected chi connectivity index (χ2v) is 21.9. The molecule has 1 N–H and O–H groups in total. The summed E-state index contributed by atoms with van der Waals surface area (Å²) in [5.41, 5.74) is 8.99. The van der Waals surface area contributed by atoms with Crippen molar-refractivity contribution in [2.24, 2.45) is 4.99 Å². The van der Waals surface area contributed by atoms with Crippen molar-refractivity contribution in [1.82, 2.24) is 0 Å². The Morgan fingerprint density at radius 2 is 1.33 bits per heavy atom. The summed E-state index contributed by atoms with van der Waals surface area (Å²) in [5.74, 6) is 1.62. The van der Waals surface area contributed by atoms with Gasteiger partial charge in [0.25, 0.3) is 11.8 Å². The van der Waals surface area contributed by atoms with Crippen LogP contribution in [0.5, 0.6) is 23.0 Å². The number of para-hydroxylation sites is 2. The van der Waals surface area contributed by atoms with E-state index in [2.05, 4.69) is 60.7 Å². The highest BCUT2D eigenvalue weighted by atomic mass is 32.8. The van der Waals surface area contributed by atoms with Gasteiger partial charge in [-0.25, -0.2) is 0 Å². The number of anilines is 4. The lowest BCUT2D eigenvalue weighted by Gasteiger charge is -2.35. The molecule has 5 aromatic carbocycles. The zero-order chi connectivity index (χ0) is 48.9. The number of methoxy groups -OCH3 is 3. The van der Waals surface area contributed by atoms with Crippen molar-refractivity contribution >= 4 is 67.1 Å². The molecule has 0 spiro atoms. The van der Waals surface area contributed by atoms with Crippen LogP contribution in [0.25, 0.3) is 0 Å². The smallest absolute Gasteiger partial charge is 0.261 e. The minimum atomic E-state index is -0.324. The Balaban J connectivity index is 1.00. The average Bonchev–Trinajstić information content (AvgIpc) is 3.86. The van der Waals surface area contributed by atoms with Crippen LogP contribution in [0.2, 0.25) is 0 Å². The molecule has 9 rings (SSSR count). The first-order chi connectivity index (χ1) is 34.0. The number of hydrogen-bond donors (Lipinski definition) is 1. The molecule has 4 aliphatic heterocycles. The van der Waals surface area contributed by atoms with Gasteiger partial charge in [0.2, 0.25) is 0 Å². The third-order valence-corrected chi connectivity index (χ3v) is 16.4. The van der Waals surface area contributed by atoms with Gasteiger partial charge in [0, 0.05) is 73.3 Å². The molecule has 5 aromatic rings. The molecule has 0 radical (unpaired) electrons. The maximum atomic E-state index is 14.2. The van der Waals surface area contributed by atoms with E-state index in [1.807, 2.05) is 58.5 Å². The number of nitrogens with one attached hydrogen (secondary N) is 1. The van der Waals surface area contributed by atoms with Crippen molar-refractivity contribution < 1.29 is 42.7 Å². The van der Waals surface area contributed by atoms with Crippen LogP contribution in [0, 0.1) is 0 Å². The van der Waals surface area contributed by atoms with E-state index in [0.717, 1.165) is 45.7 Å². The summed E-state index contributed by atoms with van der Waals surface area (Å²) in [4.78, 5) is 39.2. The zero-order valence-corrected chi connectivity index (χ0v) is 42.3. The fraction of sp³-hybridized carbons (Fsp3) is 0.389. The highest BCUT2D eigenvalue weighted by molar-refractivity contribution is 8.29. The second-order valence-electron chi connectivity index (χ2n) is 18.4. The number of carbonyl (C=O) groups excluding carboxylic acids is 2. The molecular weight excluding hydrogens is 927 g/mol. The summed E-state index contributed by atoms with van der Waals surface area (Å²) in [5, 5.41) is 3.54. The van der Waals surface area contributed by atoms with E-state index < -0.39 is 0 Å². The van der Waals surface area contributed by atoms with Gasteiger partial charge in [-0.1, -0.05) is 47.6 Å². The van der Waals surface area contributed by atoms with Crippen LogP contribution in [0.3, 0.4) is 0 Å². The summed E-state index contributed by atoms with van der Waals surface area (Å²) in [6, 6.07) is 29.3. The Morgan fingerprint density at radius 3 is 2.00 bits per heavy atom. The molecule has 2 amide bonds. The predicted octanol–water partition coefficient (Wildman–Crippen LogP) is 8.12. The molecule has 0 saturated carbocycles. The van der Waals surface area contributed by atoms with Crippen LogP contribution in [0.1, 0.15) is 56.8 Å². The number of amides is 2. The van der Waals surface area contributed by atoms with Crippen molar-refractivity contribution in [3.63, 3.8) is 0 Å². The lowest BCUT2D eigenvalue weighted by Crippen LogP contribution is -2.43. The molecule has 0 saturated heterocycles. The Kier molecular flexibility index (Phi) is 15.1. The largest absolute Gasteiger partial charge is 0.493 e. The second kappa shape index (κ2) is 21.5. The first-order valence-corrected chi connectivity index (χ1v) is 26.2. The Hall–Kier alpha value is -6.04. The average molecular weight is 988 g/mol. The summed E-state index contributed by atoms with van der Waals surface area (Å²) in [6.45, 7) is 9.01. The fourth-order valence-corrected chi connectivity index (χ4v) is 10.00. The Labute approximate surface area is 417 Å². The Bertz CT molecular complexity index is 2800. The van der Waals surface area contributed by atoms with Crippen molar-refractivity contribution in [2.45, 2.75) is 56.7 Å². The minimum Gasteiger partial charge on any atom is -0.493 e. The number of ether oxygens (including phenoxy) is 7. The van der Waals surface area contributed by atoms with Gasteiger partial charge in [-0.15, -0.1) is 9.45 Å². The fourth-order valence-electron chi connectivity index (χ4n) is 9.50. The van der Waals surface area contributed by atoms with E-state index in [-0.39, 0.29) is 51.3 Å². The van der Waals surface area contributed by atoms with E-state index >= 15 is 0 Å². The third kappa shape index (κ3) is 10.4. The molecule has 14 nitrogen and oxygen atoms in total. The molecule has 3 atom stereocenters. The zero-order valence-electron chi connectivity index (χ0n) is 40.7. The van der Waals surface area contributed by atoms with Crippen LogP contribution >= 0.6 is 0 Å². The molecule has 16 heteroatoms. The van der Waals surface area contributed by atoms with E-state index in [0.29, 0.717) is 105 Å². The van der Waals surface area contributed by atoms with E-state index in [9.17, 15) is 9.59 Å². The molecule has 0 fully saturated rings. The predicted molar refractivity (Wildman–Crippen MR) is 280 cm³/mol. The van der Waals surface area contributed by atoms with Crippen molar-refractivity contribution in [3.05, 3.63) is 124 Å². The molecule has 0 aliphatic carbocycles. The number of nitrogens with zero attached hydrogens (tertiary/aromatic N) is 4. The number of hydrogen-bond acceptors (Lipinski definition) is 13. The number of rotatable bonds is 21. The molecule has 0 bridgehead atoms. The molecule has 70 heavy (non-hydrogen) atoms. The summed E-state index contributed by atoms with van der Waals surface area (Å²) in [6.07, 6.45) is 5.42. The highest BCUT2D eigenvalue weighted by Crippen LogP contribution is 2.43. The van der Waals surface area contributed by atoms with E-state index in [4.69, 9.17) is 49.3 Å². The van der Waals surface area contributed by atoms with Gasteiger partial charge in [-0.3, -0.25) is 19.5 Å². The maximum Gasteiger partial charge on any atom is 0.261 e. The van der Waals surface area contributed by atoms with Gasteiger partial charge in [-0.2, -0.15) is 0 Å². The molecular formula is C54H61N5O9S2. The number of benzene rings is 5. The summed E-state index contributed by atoms with van der Waals surface area (Å²) in [7, 11) is 4.48. The number of carbonyl (C=O) groups is 2. The lowest BCUT2D eigenvalue weighted by molar-refractivity contribution is 0.0264. The molecule has 368 valence electrons. The van der Waals surface area contributed by atoms with Crippen LogP contribution in [-0.4, -0.2) is 115 Å². The number of aliphatic imine (C=N–C) groups is 1. The van der Waals surface area contributed by atoms with E-state index in [1.165, 1.54) is 0 Å². The van der Waals surface area contributed by atoms with Gasteiger partial charge in [0.1, 0.15) is 13.2 Å². The third-order valence-electron chi connectivity index (χ3n) is 13.3. The van der Waals surface area contributed by atoms with Crippen LogP contribution in [0.15, 0.2) is 96.0 Å². The van der Waals surface area contributed by atoms with Gasteiger partial charge >= 0.3 is 0 Å². The van der Waals surface area contributed by atoms with Gasteiger partial charge in [0.15, 0.2) is 23.0 Å².